The Morgan fingerprint density at radius 3 is 2.58 bits per heavy atom. The molecule has 2 aliphatic heterocycles. The average Bonchev–Trinajstić information content (AvgIpc) is 3.44. The lowest BCUT2D eigenvalue weighted by Gasteiger charge is -2.19. The highest BCUT2D eigenvalue weighted by Crippen LogP contribution is 2.34. The predicted octanol–water partition coefficient (Wildman–Crippen LogP) is 3.50. The predicted molar refractivity (Wildman–Crippen MR) is 111 cm³/mol. The molecule has 0 spiro atoms. The SMILES string of the molecule is Cc1ccc(-c2noc(CN3N=NC4C(=O)N(c5ccc(C)c(Cl)c5)C(=O)C43)n2)cc1. The van der Waals surface area contributed by atoms with Crippen molar-refractivity contribution >= 4 is 29.1 Å². The van der Waals surface area contributed by atoms with E-state index in [-0.39, 0.29) is 12.4 Å². The number of imide groups is 1. The lowest BCUT2D eigenvalue weighted by atomic mass is 10.1. The number of aromatic nitrogens is 2. The van der Waals surface area contributed by atoms with E-state index in [2.05, 4.69) is 20.5 Å². The molecule has 2 unspecified atom stereocenters. The Balaban J connectivity index is 1.36. The van der Waals surface area contributed by atoms with Crippen LogP contribution in [0.5, 0.6) is 0 Å². The molecule has 0 N–H and O–H groups in total. The van der Waals surface area contributed by atoms with Gasteiger partial charge in [-0.25, -0.2) is 4.90 Å². The molecule has 5 rings (SSSR count). The maximum absolute atomic E-state index is 13.1. The largest absolute Gasteiger partial charge is 0.337 e. The van der Waals surface area contributed by atoms with Crippen molar-refractivity contribution in [2.75, 3.05) is 4.90 Å². The van der Waals surface area contributed by atoms with Gasteiger partial charge in [0.1, 0.15) is 6.54 Å². The fourth-order valence-corrected chi connectivity index (χ4v) is 3.78. The van der Waals surface area contributed by atoms with Gasteiger partial charge >= 0.3 is 0 Å². The van der Waals surface area contributed by atoms with Gasteiger partial charge in [0.2, 0.25) is 11.7 Å². The van der Waals surface area contributed by atoms with Crippen molar-refractivity contribution < 1.29 is 14.1 Å². The van der Waals surface area contributed by atoms with Crippen LogP contribution in [0.2, 0.25) is 5.02 Å². The lowest BCUT2D eigenvalue weighted by Crippen LogP contribution is -2.39. The van der Waals surface area contributed by atoms with Crippen LogP contribution in [0.3, 0.4) is 0 Å². The average molecular weight is 437 g/mol. The first kappa shape index (κ1) is 19.4. The summed E-state index contributed by atoms with van der Waals surface area (Å²) in [6.07, 6.45) is 0. The molecule has 10 heteroatoms. The second-order valence-corrected chi connectivity index (χ2v) is 7.92. The van der Waals surface area contributed by atoms with E-state index in [1.165, 1.54) is 5.01 Å². The Morgan fingerprint density at radius 2 is 1.84 bits per heavy atom. The van der Waals surface area contributed by atoms with Gasteiger partial charge in [-0.05, 0) is 31.5 Å². The molecule has 1 aromatic heterocycles. The smallest absolute Gasteiger partial charge is 0.263 e. The van der Waals surface area contributed by atoms with E-state index in [1.807, 2.05) is 38.1 Å². The van der Waals surface area contributed by atoms with E-state index in [9.17, 15) is 9.59 Å². The Kier molecular flexibility index (Phi) is 4.55. The van der Waals surface area contributed by atoms with E-state index in [0.717, 1.165) is 21.6 Å². The number of carbonyl (C=O) groups excluding carboxylic acids is 2. The number of benzene rings is 2. The summed E-state index contributed by atoms with van der Waals surface area (Å²) in [6, 6.07) is 11.0. The summed E-state index contributed by atoms with van der Waals surface area (Å²) < 4.78 is 5.33. The van der Waals surface area contributed by atoms with Gasteiger partial charge in [-0.2, -0.15) is 10.1 Å². The number of halogens is 1. The number of anilines is 1. The molecule has 0 aliphatic carbocycles. The number of nitrogens with zero attached hydrogens (tertiary/aromatic N) is 6. The van der Waals surface area contributed by atoms with Crippen LogP contribution in [-0.4, -0.2) is 39.0 Å². The topological polar surface area (TPSA) is 104 Å². The van der Waals surface area contributed by atoms with Crippen LogP contribution in [0.25, 0.3) is 11.4 Å². The van der Waals surface area contributed by atoms with Crippen LogP contribution in [0.1, 0.15) is 17.0 Å². The number of fused-ring (bicyclic) bond motifs is 1. The molecular formula is C21H17ClN6O3. The van der Waals surface area contributed by atoms with Gasteiger partial charge in [-0.15, -0.1) is 0 Å². The number of rotatable bonds is 4. The van der Waals surface area contributed by atoms with E-state index in [4.69, 9.17) is 16.1 Å². The fraction of sp³-hybridized carbons (Fsp3) is 0.238. The van der Waals surface area contributed by atoms with Gasteiger partial charge in [0.05, 0.1) is 5.69 Å². The molecule has 2 aromatic carbocycles. The normalized spacial score (nSPS) is 20.1. The summed E-state index contributed by atoms with van der Waals surface area (Å²) in [5, 5.41) is 13.9. The van der Waals surface area contributed by atoms with Gasteiger partial charge in [-0.3, -0.25) is 14.6 Å². The van der Waals surface area contributed by atoms with Crippen molar-refractivity contribution in [3.8, 4) is 11.4 Å². The zero-order chi connectivity index (χ0) is 21.7. The van der Waals surface area contributed by atoms with Crippen LogP contribution >= 0.6 is 11.6 Å². The third-order valence-electron chi connectivity index (χ3n) is 5.35. The van der Waals surface area contributed by atoms with E-state index in [1.54, 1.807) is 18.2 Å². The monoisotopic (exact) mass is 436 g/mol. The molecule has 1 saturated heterocycles. The Bertz CT molecular complexity index is 1220. The third-order valence-corrected chi connectivity index (χ3v) is 5.75. The highest BCUT2D eigenvalue weighted by molar-refractivity contribution is 6.32. The van der Waals surface area contributed by atoms with Crippen molar-refractivity contribution in [2.24, 2.45) is 10.3 Å². The second kappa shape index (κ2) is 7.28. The minimum absolute atomic E-state index is 0.0606. The number of hydrogen-bond acceptors (Lipinski definition) is 8. The maximum Gasteiger partial charge on any atom is 0.263 e. The van der Waals surface area contributed by atoms with Gasteiger partial charge < -0.3 is 4.52 Å². The van der Waals surface area contributed by atoms with Gasteiger partial charge in [-0.1, -0.05) is 57.9 Å². The number of hydrogen-bond donors (Lipinski definition) is 0. The van der Waals surface area contributed by atoms with Crippen LogP contribution in [-0.2, 0) is 16.1 Å². The molecule has 3 aromatic rings. The summed E-state index contributed by atoms with van der Waals surface area (Å²) in [4.78, 5) is 31.4. The lowest BCUT2D eigenvalue weighted by molar-refractivity contribution is -0.123. The molecule has 2 atom stereocenters. The van der Waals surface area contributed by atoms with Crippen LogP contribution < -0.4 is 4.90 Å². The molecule has 0 saturated carbocycles. The molecule has 31 heavy (non-hydrogen) atoms. The number of carbonyl (C=O) groups is 2. The Morgan fingerprint density at radius 1 is 1.06 bits per heavy atom. The van der Waals surface area contributed by atoms with Gasteiger partial charge in [0.25, 0.3) is 11.8 Å². The minimum Gasteiger partial charge on any atom is -0.337 e. The summed E-state index contributed by atoms with van der Waals surface area (Å²) >= 11 is 6.18. The van der Waals surface area contributed by atoms with Crippen LogP contribution in [0.15, 0.2) is 57.3 Å². The fourth-order valence-electron chi connectivity index (χ4n) is 3.61. The summed E-state index contributed by atoms with van der Waals surface area (Å²) in [5.74, 6) is -0.148. The first-order valence-corrected chi connectivity index (χ1v) is 10.0. The van der Waals surface area contributed by atoms with E-state index in [0.29, 0.717) is 16.5 Å². The summed E-state index contributed by atoms with van der Waals surface area (Å²) in [7, 11) is 0. The first-order chi connectivity index (χ1) is 14.9. The van der Waals surface area contributed by atoms with Crippen LogP contribution in [0, 0.1) is 13.8 Å². The van der Waals surface area contributed by atoms with Gasteiger partial charge in [0, 0.05) is 10.6 Å². The van der Waals surface area contributed by atoms with Crippen molar-refractivity contribution in [3.63, 3.8) is 0 Å². The Hall–Kier alpha value is -3.59. The molecule has 156 valence electrons. The van der Waals surface area contributed by atoms with Crippen molar-refractivity contribution in [1.82, 2.24) is 15.1 Å². The maximum atomic E-state index is 13.1. The quantitative estimate of drug-likeness (QED) is 0.580. The van der Waals surface area contributed by atoms with Crippen molar-refractivity contribution in [1.29, 1.82) is 0 Å². The second-order valence-electron chi connectivity index (χ2n) is 7.52. The minimum atomic E-state index is -0.910. The molecule has 1 fully saturated rings. The molecule has 3 heterocycles. The number of amides is 2. The van der Waals surface area contributed by atoms with E-state index < -0.39 is 23.9 Å². The van der Waals surface area contributed by atoms with Gasteiger partial charge in [0.15, 0.2) is 12.1 Å². The highest BCUT2D eigenvalue weighted by atomic mass is 35.5. The zero-order valence-corrected chi connectivity index (χ0v) is 17.4. The molecule has 0 radical (unpaired) electrons. The zero-order valence-electron chi connectivity index (χ0n) is 16.7. The molecule has 9 nitrogen and oxygen atoms in total. The number of aryl methyl sites for hydroxylation is 2. The third kappa shape index (κ3) is 3.27. The summed E-state index contributed by atoms with van der Waals surface area (Å²) in [5.41, 5.74) is 3.21. The molecule has 2 amide bonds. The van der Waals surface area contributed by atoms with Crippen molar-refractivity contribution in [2.45, 2.75) is 32.5 Å². The first-order valence-electron chi connectivity index (χ1n) is 9.63. The molecular weight excluding hydrogens is 420 g/mol. The van der Waals surface area contributed by atoms with E-state index >= 15 is 0 Å². The Labute approximate surface area is 182 Å². The summed E-state index contributed by atoms with van der Waals surface area (Å²) in [6.45, 7) is 3.90. The van der Waals surface area contributed by atoms with Crippen molar-refractivity contribution in [3.05, 3.63) is 64.5 Å². The molecule has 0 bridgehead atoms. The molecule has 2 aliphatic rings. The highest BCUT2D eigenvalue weighted by Gasteiger charge is 2.55. The van der Waals surface area contributed by atoms with Crippen LogP contribution in [0.4, 0.5) is 5.69 Å². The standard InChI is InChI=1S/C21H17ClN6O3/c1-11-3-6-13(7-4-11)19-23-16(31-25-19)10-27-18-17(24-26-27)20(29)28(21(18)30)14-8-5-12(2)15(22)9-14/h3-9,17-18H,10H2,1-2H3.